The number of urea groups is 1. The highest BCUT2D eigenvalue weighted by atomic mass is 16.2. The standard InChI is InChI=1S/C4H4N2O3/c7-1-2-3(8)6-4(9)5-2/h1-2H,(H2,5,6,8,9). The Kier molecular flexibility index (Phi) is 1.18. The largest absolute Gasteiger partial charge is 0.322 e. The molecule has 3 amide bonds. The molecule has 9 heavy (non-hydrogen) atoms. The number of carbonyl (C=O) groups excluding carboxylic acids is 3. The molecule has 0 aromatic rings. The number of imide groups is 1. The first-order valence-electron chi connectivity index (χ1n) is 2.30. The molecule has 1 fully saturated rings. The van der Waals surface area contributed by atoms with Crippen molar-refractivity contribution in [2.24, 2.45) is 0 Å². The molecule has 1 atom stereocenters. The monoisotopic (exact) mass is 128 g/mol. The van der Waals surface area contributed by atoms with E-state index in [1.165, 1.54) is 0 Å². The van der Waals surface area contributed by atoms with Gasteiger partial charge in [0.25, 0.3) is 5.91 Å². The minimum Gasteiger partial charge on any atom is -0.320 e. The van der Waals surface area contributed by atoms with E-state index < -0.39 is 18.0 Å². The zero-order chi connectivity index (χ0) is 6.85. The topological polar surface area (TPSA) is 75.3 Å². The molecule has 1 aliphatic heterocycles. The molecule has 1 aliphatic rings. The van der Waals surface area contributed by atoms with E-state index in [9.17, 15) is 14.4 Å². The molecular formula is C4H4N2O3. The maximum atomic E-state index is 10.4. The van der Waals surface area contributed by atoms with Crippen molar-refractivity contribution in [2.75, 3.05) is 0 Å². The first-order chi connectivity index (χ1) is 4.24. The van der Waals surface area contributed by atoms with Gasteiger partial charge in [-0.05, 0) is 0 Å². The van der Waals surface area contributed by atoms with Gasteiger partial charge in [-0.25, -0.2) is 4.79 Å². The predicted octanol–water partition coefficient (Wildman–Crippen LogP) is -1.61. The maximum absolute atomic E-state index is 10.4. The van der Waals surface area contributed by atoms with E-state index in [1.807, 2.05) is 5.32 Å². The Bertz CT molecular complexity index is 177. The van der Waals surface area contributed by atoms with Gasteiger partial charge in [0.15, 0.2) is 12.3 Å². The Morgan fingerprint density at radius 1 is 1.44 bits per heavy atom. The van der Waals surface area contributed by atoms with Crippen molar-refractivity contribution in [2.45, 2.75) is 6.04 Å². The molecule has 5 nitrogen and oxygen atoms in total. The Labute approximate surface area is 50.4 Å². The van der Waals surface area contributed by atoms with Gasteiger partial charge in [0.1, 0.15) is 0 Å². The van der Waals surface area contributed by atoms with Crippen molar-refractivity contribution in [3.63, 3.8) is 0 Å². The highest BCUT2D eigenvalue weighted by molar-refractivity contribution is 6.11. The average molecular weight is 128 g/mol. The molecule has 2 N–H and O–H groups in total. The quantitative estimate of drug-likeness (QED) is 0.253. The van der Waals surface area contributed by atoms with Crippen LogP contribution < -0.4 is 10.6 Å². The lowest BCUT2D eigenvalue weighted by Crippen LogP contribution is -2.29. The normalized spacial score (nSPS) is 25.1. The number of hydrogen-bond donors (Lipinski definition) is 2. The van der Waals surface area contributed by atoms with Gasteiger partial charge in [-0.15, -0.1) is 0 Å². The van der Waals surface area contributed by atoms with Crippen LogP contribution in [0.15, 0.2) is 0 Å². The molecular weight excluding hydrogens is 124 g/mol. The summed E-state index contributed by atoms with van der Waals surface area (Å²) in [4.78, 5) is 30.5. The fourth-order valence-electron chi connectivity index (χ4n) is 0.528. The second-order valence-corrected chi connectivity index (χ2v) is 1.58. The van der Waals surface area contributed by atoms with Crippen molar-refractivity contribution >= 4 is 18.2 Å². The molecule has 48 valence electrons. The molecule has 1 rings (SSSR count). The lowest BCUT2D eigenvalue weighted by molar-refractivity contribution is -0.123. The van der Waals surface area contributed by atoms with Crippen molar-refractivity contribution in [3.8, 4) is 0 Å². The van der Waals surface area contributed by atoms with E-state index >= 15 is 0 Å². The molecule has 0 bridgehead atoms. The summed E-state index contributed by atoms with van der Waals surface area (Å²) in [7, 11) is 0. The molecule has 1 unspecified atom stereocenters. The predicted molar refractivity (Wildman–Crippen MR) is 26.5 cm³/mol. The first kappa shape index (κ1) is 5.74. The number of amides is 3. The van der Waals surface area contributed by atoms with E-state index in [2.05, 4.69) is 5.32 Å². The molecule has 0 aromatic carbocycles. The summed E-state index contributed by atoms with van der Waals surface area (Å²) in [5.74, 6) is -0.588. The van der Waals surface area contributed by atoms with Crippen molar-refractivity contribution in [3.05, 3.63) is 0 Å². The fourth-order valence-corrected chi connectivity index (χ4v) is 0.528. The van der Waals surface area contributed by atoms with Crippen LogP contribution in [0.4, 0.5) is 4.79 Å². The van der Waals surface area contributed by atoms with E-state index in [4.69, 9.17) is 0 Å². The van der Waals surface area contributed by atoms with E-state index in [0.717, 1.165) is 0 Å². The lowest BCUT2D eigenvalue weighted by atomic mass is 10.3. The second-order valence-electron chi connectivity index (χ2n) is 1.58. The van der Waals surface area contributed by atoms with Crippen LogP contribution in [0.2, 0.25) is 0 Å². The maximum Gasteiger partial charge on any atom is 0.322 e. The molecule has 0 spiro atoms. The molecule has 0 aliphatic carbocycles. The zero-order valence-electron chi connectivity index (χ0n) is 4.38. The van der Waals surface area contributed by atoms with Gasteiger partial charge in [-0.2, -0.15) is 0 Å². The fraction of sp³-hybridized carbons (Fsp3) is 0.250. The highest BCUT2D eigenvalue weighted by Gasteiger charge is 2.28. The second kappa shape index (κ2) is 1.85. The summed E-state index contributed by atoms with van der Waals surface area (Å²) in [6.07, 6.45) is 0.375. The van der Waals surface area contributed by atoms with Crippen LogP contribution in [0.5, 0.6) is 0 Å². The van der Waals surface area contributed by atoms with Gasteiger partial charge < -0.3 is 10.1 Å². The van der Waals surface area contributed by atoms with Crippen LogP contribution in [0.3, 0.4) is 0 Å². The Hall–Kier alpha value is -1.39. The van der Waals surface area contributed by atoms with Gasteiger partial charge in [-0.1, -0.05) is 0 Å². The van der Waals surface area contributed by atoms with Gasteiger partial charge >= 0.3 is 6.03 Å². The molecule has 1 heterocycles. The SMILES string of the molecule is O=CC1NC(=O)NC1=O. The van der Waals surface area contributed by atoms with Gasteiger partial charge in [-0.3, -0.25) is 10.1 Å². The number of rotatable bonds is 1. The number of hydrogen-bond acceptors (Lipinski definition) is 3. The summed E-state index contributed by atoms with van der Waals surface area (Å²) in [6, 6.07) is -1.60. The lowest BCUT2D eigenvalue weighted by Gasteiger charge is -1.90. The summed E-state index contributed by atoms with van der Waals surface area (Å²) in [6.45, 7) is 0. The highest BCUT2D eigenvalue weighted by Crippen LogP contribution is 1.86. The minimum absolute atomic E-state index is 0.375. The number of aldehydes is 1. The smallest absolute Gasteiger partial charge is 0.320 e. The zero-order valence-corrected chi connectivity index (χ0v) is 4.38. The van der Waals surface area contributed by atoms with Crippen LogP contribution in [-0.4, -0.2) is 24.3 Å². The van der Waals surface area contributed by atoms with Crippen molar-refractivity contribution in [1.82, 2.24) is 10.6 Å². The third kappa shape index (κ3) is 0.883. The van der Waals surface area contributed by atoms with Crippen LogP contribution in [-0.2, 0) is 9.59 Å². The Balaban J connectivity index is 2.68. The van der Waals surface area contributed by atoms with Gasteiger partial charge in [0, 0.05) is 0 Å². The summed E-state index contributed by atoms with van der Waals surface area (Å²) in [5.41, 5.74) is 0. The summed E-state index contributed by atoms with van der Waals surface area (Å²) < 4.78 is 0. The van der Waals surface area contributed by atoms with Crippen LogP contribution in [0, 0.1) is 0 Å². The molecule has 0 saturated carbocycles. The number of carbonyl (C=O) groups is 3. The molecule has 1 saturated heterocycles. The first-order valence-corrected chi connectivity index (χ1v) is 2.30. The average Bonchev–Trinajstić information content (AvgIpc) is 2.10. The van der Waals surface area contributed by atoms with Crippen molar-refractivity contribution < 1.29 is 14.4 Å². The van der Waals surface area contributed by atoms with Crippen LogP contribution in [0.1, 0.15) is 0 Å². The Morgan fingerprint density at radius 2 is 2.11 bits per heavy atom. The van der Waals surface area contributed by atoms with E-state index in [-0.39, 0.29) is 0 Å². The van der Waals surface area contributed by atoms with E-state index in [1.54, 1.807) is 0 Å². The summed E-state index contributed by atoms with van der Waals surface area (Å²) >= 11 is 0. The molecule has 0 radical (unpaired) electrons. The van der Waals surface area contributed by atoms with Gasteiger partial charge in [0.05, 0.1) is 0 Å². The van der Waals surface area contributed by atoms with Gasteiger partial charge in [0.2, 0.25) is 0 Å². The van der Waals surface area contributed by atoms with E-state index in [0.29, 0.717) is 6.29 Å². The molecule has 5 heteroatoms. The summed E-state index contributed by atoms with van der Waals surface area (Å²) in [5, 5.41) is 3.98. The third-order valence-electron chi connectivity index (χ3n) is 0.942. The Morgan fingerprint density at radius 3 is 2.33 bits per heavy atom. The minimum atomic E-state index is -0.988. The molecule has 0 aromatic heterocycles. The number of nitrogens with one attached hydrogen (secondary N) is 2. The third-order valence-corrected chi connectivity index (χ3v) is 0.942. The van der Waals surface area contributed by atoms with Crippen molar-refractivity contribution in [1.29, 1.82) is 0 Å². The van der Waals surface area contributed by atoms with Crippen LogP contribution in [0.25, 0.3) is 0 Å². The van der Waals surface area contributed by atoms with Crippen LogP contribution >= 0.6 is 0 Å².